The van der Waals surface area contributed by atoms with Crippen molar-refractivity contribution in [2.75, 3.05) is 5.73 Å². The zero-order valence-electron chi connectivity index (χ0n) is 17.3. The molecular formula is C25H17ClN6S. The number of thioether (sulfide) groups is 1. The highest BCUT2D eigenvalue weighted by molar-refractivity contribution is 7.98. The van der Waals surface area contributed by atoms with Gasteiger partial charge in [-0.3, -0.25) is 5.10 Å². The standard InChI is InChI=1S/C25H17ClN6S/c26-20-11-18(10-19-13-29-32-21(19)20)23-22(17-4-2-1-3-5-17)30-24(28)25(31-23)33-14-16-8-6-15(12-27)7-9-16/h1-11,13H,14H2,(H2,28,30)(H,29,32). The first kappa shape index (κ1) is 21.0. The van der Waals surface area contributed by atoms with Gasteiger partial charge in [-0.2, -0.15) is 10.4 Å². The van der Waals surface area contributed by atoms with Crippen molar-refractivity contribution in [2.24, 2.45) is 0 Å². The minimum absolute atomic E-state index is 0.367. The van der Waals surface area contributed by atoms with Gasteiger partial charge in [-0.1, -0.05) is 65.8 Å². The van der Waals surface area contributed by atoms with Crippen molar-refractivity contribution in [3.63, 3.8) is 0 Å². The zero-order valence-corrected chi connectivity index (χ0v) is 18.9. The van der Waals surface area contributed by atoms with E-state index in [1.807, 2.05) is 54.6 Å². The number of nitrogens with two attached hydrogens (primary N) is 1. The number of halogens is 1. The lowest BCUT2D eigenvalue weighted by Crippen LogP contribution is -2.02. The van der Waals surface area contributed by atoms with Crippen molar-refractivity contribution in [1.29, 1.82) is 5.26 Å². The summed E-state index contributed by atoms with van der Waals surface area (Å²) in [4.78, 5) is 9.68. The lowest BCUT2D eigenvalue weighted by atomic mass is 10.0. The molecule has 3 aromatic carbocycles. The molecule has 8 heteroatoms. The Morgan fingerprint density at radius 2 is 1.73 bits per heavy atom. The van der Waals surface area contributed by atoms with E-state index in [9.17, 15) is 0 Å². The number of anilines is 1. The predicted molar refractivity (Wildman–Crippen MR) is 133 cm³/mol. The monoisotopic (exact) mass is 468 g/mol. The Balaban J connectivity index is 1.59. The number of fused-ring (bicyclic) bond motifs is 1. The Hall–Kier alpha value is -3.86. The minimum Gasteiger partial charge on any atom is -0.381 e. The lowest BCUT2D eigenvalue weighted by Gasteiger charge is -2.13. The van der Waals surface area contributed by atoms with Crippen LogP contribution in [-0.4, -0.2) is 20.2 Å². The van der Waals surface area contributed by atoms with Crippen molar-refractivity contribution in [1.82, 2.24) is 20.2 Å². The molecule has 5 aromatic rings. The SMILES string of the molecule is N#Cc1ccc(CSc2nc(-c3cc(Cl)c4[nH]ncc4c3)c(-c3ccccc3)nc2N)cc1. The maximum Gasteiger partial charge on any atom is 0.156 e. The van der Waals surface area contributed by atoms with Gasteiger partial charge >= 0.3 is 0 Å². The topological polar surface area (TPSA) is 104 Å². The number of hydrogen-bond donors (Lipinski definition) is 2. The van der Waals surface area contributed by atoms with Crippen LogP contribution in [0.2, 0.25) is 5.02 Å². The van der Waals surface area contributed by atoms with Gasteiger partial charge in [0.25, 0.3) is 0 Å². The number of aromatic amines is 1. The summed E-state index contributed by atoms with van der Waals surface area (Å²) in [5, 5.41) is 18.1. The smallest absolute Gasteiger partial charge is 0.156 e. The number of aromatic nitrogens is 4. The van der Waals surface area contributed by atoms with Gasteiger partial charge in [0.15, 0.2) is 5.82 Å². The number of hydrogen-bond acceptors (Lipinski definition) is 6. The van der Waals surface area contributed by atoms with E-state index in [4.69, 9.17) is 32.6 Å². The van der Waals surface area contributed by atoms with Crippen LogP contribution in [0.4, 0.5) is 5.82 Å². The number of nitriles is 1. The Bertz CT molecular complexity index is 1490. The van der Waals surface area contributed by atoms with Crippen LogP contribution in [0.5, 0.6) is 0 Å². The minimum atomic E-state index is 0.367. The molecule has 0 atom stereocenters. The van der Waals surface area contributed by atoms with Gasteiger partial charge < -0.3 is 5.73 Å². The van der Waals surface area contributed by atoms with Crippen LogP contribution in [-0.2, 0) is 5.75 Å². The molecule has 0 saturated carbocycles. The lowest BCUT2D eigenvalue weighted by molar-refractivity contribution is 1.08. The Labute approximate surface area is 199 Å². The summed E-state index contributed by atoms with van der Waals surface area (Å²) in [7, 11) is 0. The van der Waals surface area contributed by atoms with Gasteiger partial charge in [-0.05, 0) is 29.8 Å². The second-order valence-electron chi connectivity index (χ2n) is 7.37. The van der Waals surface area contributed by atoms with Gasteiger partial charge in [0.2, 0.25) is 0 Å². The molecule has 33 heavy (non-hydrogen) atoms. The highest BCUT2D eigenvalue weighted by atomic mass is 35.5. The van der Waals surface area contributed by atoms with Crippen LogP contribution >= 0.6 is 23.4 Å². The molecule has 3 N–H and O–H groups in total. The quantitative estimate of drug-likeness (QED) is 0.302. The zero-order chi connectivity index (χ0) is 22.8. The van der Waals surface area contributed by atoms with Crippen LogP contribution in [0.25, 0.3) is 33.4 Å². The van der Waals surface area contributed by atoms with Crippen molar-refractivity contribution >= 4 is 40.1 Å². The second-order valence-corrected chi connectivity index (χ2v) is 8.74. The number of rotatable bonds is 5. The highest BCUT2D eigenvalue weighted by Crippen LogP contribution is 2.37. The average Bonchev–Trinajstić information content (AvgIpc) is 3.33. The summed E-state index contributed by atoms with van der Waals surface area (Å²) in [6.07, 6.45) is 1.73. The molecule has 160 valence electrons. The van der Waals surface area contributed by atoms with Crippen molar-refractivity contribution in [3.8, 4) is 28.6 Å². The number of nitrogens with zero attached hydrogens (tertiary/aromatic N) is 4. The van der Waals surface area contributed by atoms with E-state index in [1.54, 1.807) is 18.3 Å². The Morgan fingerprint density at radius 3 is 2.48 bits per heavy atom. The molecule has 5 rings (SSSR count). The molecule has 0 bridgehead atoms. The summed E-state index contributed by atoms with van der Waals surface area (Å²) < 4.78 is 0. The molecule has 0 aliphatic rings. The van der Waals surface area contributed by atoms with Crippen LogP contribution < -0.4 is 5.73 Å². The fraction of sp³-hybridized carbons (Fsp3) is 0.0400. The first-order valence-electron chi connectivity index (χ1n) is 10.1. The second kappa shape index (κ2) is 8.94. The third-order valence-electron chi connectivity index (χ3n) is 5.17. The Kier molecular flexibility index (Phi) is 5.69. The fourth-order valence-corrected chi connectivity index (χ4v) is 4.63. The molecule has 2 heterocycles. The average molecular weight is 469 g/mol. The first-order chi connectivity index (χ1) is 16.1. The Morgan fingerprint density at radius 1 is 0.970 bits per heavy atom. The number of H-pyrrole nitrogens is 1. The molecule has 0 spiro atoms. The molecule has 0 amide bonds. The van der Waals surface area contributed by atoms with E-state index < -0.39 is 0 Å². The van der Waals surface area contributed by atoms with Crippen molar-refractivity contribution < 1.29 is 0 Å². The summed E-state index contributed by atoms with van der Waals surface area (Å²) in [5.74, 6) is 1.02. The number of nitrogens with one attached hydrogen (secondary N) is 1. The van der Waals surface area contributed by atoms with E-state index in [0.717, 1.165) is 27.6 Å². The fourth-order valence-electron chi connectivity index (χ4n) is 3.52. The number of benzene rings is 3. The van der Waals surface area contributed by atoms with E-state index in [1.165, 1.54) is 11.8 Å². The summed E-state index contributed by atoms with van der Waals surface area (Å²) in [5.41, 5.74) is 12.0. The van der Waals surface area contributed by atoms with Crippen molar-refractivity contribution in [2.45, 2.75) is 10.8 Å². The van der Waals surface area contributed by atoms with E-state index >= 15 is 0 Å². The predicted octanol–water partition coefficient (Wildman–Crippen LogP) is 6.09. The maximum atomic E-state index is 9.00. The summed E-state index contributed by atoms with van der Waals surface area (Å²) >= 11 is 8.02. The molecule has 2 aromatic heterocycles. The van der Waals surface area contributed by atoms with Crippen LogP contribution in [0.15, 0.2) is 78.0 Å². The van der Waals surface area contributed by atoms with E-state index in [0.29, 0.717) is 38.6 Å². The molecule has 0 saturated heterocycles. The molecule has 0 unspecified atom stereocenters. The van der Waals surface area contributed by atoms with Gasteiger partial charge in [0.05, 0.1) is 39.8 Å². The molecular weight excluding hydrogens is 452 g/mol. The van der Waals surface area contributed by atoms with Gasteiger partial charge in [0, 0.05) is 22.3 Å². The maximum absolute atomic E-state index is 9.00. The molecule has 0 fully saturated rings. The third-order valence-corrected chi connectivity index (χ3v) is 6.52. The van der Waals surface area contributed by atoms with Crippen molar-refractivity contribution in [3.05, 3.63) is 89.1 Å². The van der Waals surface area contributed by atoms with Crippen LogP contribution in [0.1, 0.15) is 11.1 Å². The number of nitrogen functional groups attached to an aromatic ring is 1. The van der Waals surface area contributed by atoms with E-state index in [-0.39, 0.29) is 0 Å². The molecule has 0 aliphatic heterocycles. The normalized spacial score (nSPS) is 10.9. The van der Waals surface area contributed by atoms with Crippen LogP contribution in [0, 0.1) is 11.3 Å². The summed E-state index contributed by atoms with van der Waals surface area (Å²) in [6.45, 7) is 0. The van der Waals surface area contributed by atoms with Gasteiger partial charge in [-0.15, -0.1) is 0 Å². The first-order valence-corrected chi connectivity index (χ1v) is 11.5. The third kappa shape index (κ3) is 4.27. The summed E-state index contributed by atoms with van der Waals surface area (Å²) in [6, 6.07) is 23.3. The molecule has 0 aliphatic carbocycles. The largest absolute Gasteiger partial charge is 0.381 e. The van der Waals surface area contributed by atoms with Gasteiger partial charge in [-0.25, -0.2) is 9.97 Å². The molecule has 6 nitrogen and oxygen atoms in total. The van der Waals surface area contributed by atoms with Crippen LogP contribution in [0.3, 0.4) is 0 Å². The highest BCUT2D eigenvalue weighted by Gasteiger charge is 2.18. The molecule has 0 radical (unpaired) electrons. The van der Waals surface area contributed by atoms with Gasteiger partial charge in [0.1, 0.15) is 5.03 Å². The van der Waals surface area contributed by atoms with E-state index in [2.05, 4.69) is 16.3 Å².